The van der Waals surface area contributed by atoms with Gasteiger partial charge in [-0.15, -0.1) is 11.6 Å². The zero-order chi connectivity index (χ0) is 12.7. The number of nitrogens with two attached hydrogens (primary N) is 1. The fraction of sp³-hybridized carbons (Fsp3) is 0.462. The molecular weight excluding hydrogens is 236 g/mol. The van der Waals surface area contributed by atoms with Crippen molar-refractivity contribution in [1.29, 1.82) is 0 Å². The molecule has 0 aliphatic carbocycles. The summed E-state index contributed by atoms with van der Waals surface area (Å²) in [5, 5.41) is 0. The van der Waals surface area contributed by atoms with Crippen LogP contribution in [0, 0.1) is 0 Å². The van der Waals surface area contributed by atoms with E-state index in [1.807, 2.05) is 24.3 Å². The van der Waals surface area contributed by atoms with Crippen molar-refractivity contribution in [2.45, 2.75) is 32.8 Å². The van der Waals surface area contributed by atoms with Crippen LogP contribution in [0.1, 0.15) is 26.7 Å². The highest BCUT2D eigenvalue weighted by Gasteiger charge is 2.04. The number of ether oxygens (including phenoxy) is 1. The predicted molar refractivity (Wildman–Crippen MR) is 73.4 cm³/mol. The van der Waals surface area contributed by atoms with Crippen molar-refractivity contribution in [1.82, 2.24) is 0 Å². The standard InChI is InChI=1S/C13H19ClN2O/c1-3-11(4-2)17-12-7-5-10(6-8-12)16-13(15)9-14/h5-8,11H,3-4,9H2,1-2H3,(H2,15,16). The molecule has 1 aromatic rings. The van der Waals surface area contributed by atoms with Gasteiger partial charge in [-0.25, -0.2) is 4.99 Å². The van der Waals surface area contributed by atoms with Crippen molar-refractivity contribution in [3.63, 3.8) is 0 Å². The van der Waals surface area contributed by atoms with Crippen LogP contribution in [0.15, 0.2) is 29.3 Å². The van der Waals surface area contributed by atoms with Crippen molar-refractivity contribution < 1.29 is 4.74 Å². The van der Waals surface area contributed by atoms with E-state index in [1.54, 1.807) is 0 Å². The van der Waals surface area contributed by atoms with Crippen molar-refractivity contribution in [2.24, 2.45) is 10.7 Å². The Kier molecular flexibility index (Phi) is 5.84. The monoisotopic (exact) mass is 254 g/mol. The third-order valence-corrected chi connectivity index (χ3v) is 2.73. The summed E-state index contributed by atoms with van der Waals surface area (Å²) in [6.45, 7) is 4.24. The summed E-state index contributed by atoms with van der Waals surface area (Å²) in [5.74, 6) is 1.52. The first-order chi connectivity index (χ1) is 8.19. The molecule has 0 aliphatic rings. The Morgan fingerprint density at radius 3 is 2.35 bits per heavy atom. The molecule has 0 bridgehead atoms. The van der Waals surface area contributed by atoms with Gasteiger partial charge in [0.1, 0.15) is 11.6 Å². The molecule has 0 spiro atoms. The van der Waals surface area contributed by atoms with Crippen molar-refractivity contribution >= 4 is 23.1 Å². The minimum atomic E-state index is 0.242. The van der Waals surface area contributed by atoms with E-state index in [9.17, 15) is 0 Å². The summed E-state index contributed by atoms with van der Waals surface area (Å²) in [7, 11) is 0. The van der Waals surface area contributed by atoms with Crippen LogP contribution in [0.5, 0.6) is 5.75 Å². The van der Waals surface area contributed by atoms with E-state index in [0.29, 0.717) is 5.84 Å². The number of aliphatic imine (C=N–C) groups is 1. The lowest BCUT2D eigenvalue weighted by Crippen LogP contribution is -2.13. The van der Waals surface area contributed by atoms with Crippen LogP contribution in [-0.4, -0.2) is 17.8 Å². The molecule has 1 aromatic carbocycles. The molecule has 0 aliphatic heterocycles. The average Bonchev–Trinajstić information content (AvgIpc) is 2.37. The maximum absolute atomic E-state index is 5.79. The molecule has 0 radical (unpaired) electrons. The number of alkyl halides is 1. The molecule has 17 heavy (non-hydrogen) atoms. The Morgan fingerprint density at radius 1 is 1.29 bits per heavy atom. The summed E-state index contributed by atoms with van der Waals surface area (Å²) in [4.78, 5) is 4.15. The lowest BCUT2D eigenvalue weighted by Gasteiger charge is -2.15. The van der Waals surface area contributed by atoms with Gasteiger partial charge in [-0.3, -0.25) is 0 Å². The number of halogens is 1. The normalized spacial score (nSPS) is 11.9. The Balaban J connectivity index is 2.68. The minimum Gasteiger partial charge on any atom is -0.490 e. The maximum atomic E-state index is 5.79. The molecular formula is C13H19ClN2O. The van der Waals surface area contributed by atoms with Crippen LogP contribution in [0.25, 0.3) is 0 Å². The SMILES string of the molecule is CCC(CC)Oc1ccc(N=C(N)CCl)cc1. The molecule has 2 N–H and O–H groups in total. The van der Waals surface area contributed by atoms with Crippen molar-refractivity contribution in [3.8, 4) is 5.75 Å². The van der Waals surface area contributed by atoms with Crippen LogP contribution < -0.4 is 10.5 Å². The van der Waals surface area contributed by atoms with Gasteiger partial charge in [0.25, 0.3) is 0 Å². The molecule has 0 amide bonds. The molecule has 94 valence electrons. The molecule has 4 heteroatoms. The van der Waals surface area contributed by atoms with E-state index < -0.39 is 0 Å². The lowest BCUT2D eigenvalue weighted by molar-refractivity contribution is 0.193. The first kappa shape index (κ1) is 13.8. The molecule has 0 heterocycles. The fourth-order valence-electron chi connectivity index (χ4n) is 1.44. The molecule has 1 rings (SSSR count). The minimum absolute atomic E-state index is 0.242. The van der Waals surface area contributed by atoms with E-state index >= 15 is 0 Å². The second-order valence-electron chi connectivity index (χ2n) is 3.79. The Hall–Kier alpha value is -1.22. The number of nitrogens with zero attached hydrogens (tertiary/aromatic N) is 1. The van der Waals surface area contributed by atoms with Crippen LogP contribution >= 0.6 is 11.6 Å². The topological polar surface area (TPSA) is 47.6 Å². The van der Waals surface area contributed by atoms with Gasteiger partial charge in [-0.05, 0) is 37.1 Å². The molecule has 3 nitrogen and oxygen atoms in total. The van der Waals surface area contributed by atoms with Crippen molar-refractivity contribution in [2.75, 3.05) is 5.88 Å². The first-order valence-electron chi connectivity index (χ1n) is 5.85. The van der Waals surface area contributed by atoms with E-state index in [-0.39, 0.29) is 12.0 Å². The highest BCUT2D eigenvalue weighted by Crippen LogP contribution is 2.20. The van der Waals surface area contributed by atoms with Gasteiger partial charge in [-0.1, -0.05) is 13.8 Å². The number of amidine groups is 1. The summed E-state index contributed by atoms with van der Waals surface area (Å²) < 4.78 is 5.79. The summed E-state index contributed by atoms with van der Waals surface area (Å²) in [6.07, 6.45) is 2.29. The summed E-state index contributed by atoms with van der Waals surface area (Å²) in [6, 6.07) is 7.55. The molecule has 0 unspecified atom stereocenters. The fourth-order valence-corrected chi connectivity index (χ4v) is 1.50. The molecule has 0 atom stereocenters. The van der Waals surface area contributed by atoms with E-state index in [0.717, 1.165) is 24.3 Å². The third kappa shape index (κ3) is 4.65. The zero-order valence-electron chi connectivity index (χ0n) is 10.3. The summed E-state index contributed by atoms with van der Waals surface area (Å²) in [5.41, 5.74) is 6.35. The van der Waals surface area contributed by atoms with E-state index in [2.05, 4.69) is 18.8 Å². The molecule has 0 aromatic heterocycles. The molecule has 0 saturated carbocycles. The Morgan fingerprint density at radius 2 is 1.88 bits per heavy atom. The van der Waals surface area contributed by atoms with Crippen LogP contribution in [0.4, 0.5) is 5.69 Å². The number of rotatable bonds is 6. The van der Waals surface area contributed by atoms with Gasteiger partial charge < -0.3 is 10.5 Å². The lowest BCUT2D eigenvalue weighted by atomic mass is 10.2. The smallest absolute Gasteiger partial charge is 0.119 e. The maximum Gasteiger partial charge on any atom is 0.119 e. The number of hydrogen-bond donors (Lipinski definition) is 1. The first-order valence-corrected chi connectivity index (χ1v) is 6.38. The Bertz CT molecular complexity index is 358. The van der Waals surface area contributed by atoms with Crippen LogP contribution in [0.3, 0.4) is 0 Å². The highest BCUT2D eigenvalue weighted by molar-refractivity contribution is 6.28. The summed E-state index contributed by atoms with van der Waals surface area (Å²) >= 11 is 5.56. The van der Waals surface area contributed by atoms with E-state index in [4.69, 9.17) is 22.1 Å². The van der Waals surface area contributed by atoms with Gasteiger partial charge in [0.05, 0.1) is 17.7 Å². The van der Waals surface area contributed by atoms with Crippen LogP contribution in [0.2, 0.25) is 0 Å². The van der Waals surface area contributed by atoms with Crippen LogP contribution in [-0.2, 0) is 0 Å². The quantitative estimate of drug-likeness (QED) is 0.480. The number of hydrogen-bond acceptors (Lipinski definition) is 2. The molecule has 0 saturated heterocycles. The second-order valence-corrected chi connectivity index (χ2v) is 4.05. The highest BCUT2D eigenvalue weighted by atomic mass is 35.5. The van der Waals surface area contributed by atoms with Gasteiger partial charge in [0, 0.05) is 0 Å². The molecule has 0 fully saturated rings. The van der Waals surface area contributed by atoms with Gasteiger partial charge in [0.2, 0.25) is 0 Å². The van der Waals surface area contributed by atoms with Gasteiger partial charge in [0.15, 0.2) is 0 Å². The average molecular weight is 255 g/mol. The van der Waals surface area contributed by atoms with E-state index in [1.165, 1.54) is 0 Å². The number of benzene rings is 1. The van der Waals surface area contributed by atoms with Gasteiger partial charge >= 0.3 is 0 Å². The predicted octanol–water partition coefficient (Wildman–Crippen LogP) is 3.48. The second kappa shape index (κ2) is 7.17. The third-order valence-electron chi connectivity index (χ3n) is 2.46. The zero-order valence-corrected chi connectivity index (χ0v) is 11.1. The Labute approximate surface area is 108 Å². The van der Waals surface area contributed by atoms with Gasteiger partial charge in [-0.2, -0.15) is 0 Å². The van der Waals surface area contributed by atoms with Crippen molar-refractivity contribution in [3.05, 3.63) is 24.3 Å². The largest absolute Gasteiger partial charge is 0.490 e.